The van der Waals surface area contributed by atoms with Gasteiger partial charge in [0.25, 0.3) is 11.8 Å². The number of rotatable bonds is 0. The summed E-state index contributed by atoms with van der Waals surface area (Å²) < 4.78 is 0. The molecule has 0 spiro atoms. The van der Waals surface area contributed by atoms with Gasteiger partial charge in [0, 0.05) is 11.1 Å². The molecule has 1 aliphatic rings. The lowest BCUT2D eigenvalue weighted by Crippen LogP contribution is -2.20. The average Bonchev–Trinajstić information content (AvgIpc) is 2.62. The first kappa shape index (κ1) is 9.84. The van der Waals surface area contributed by atoms with Crippen LogP contribution < -0.4 is 11.1 Å². The molecule has 0 atom stereocenters. The molecule has 0 aromatic heterocycles. The Hall–Kier alpha value is -2.36. The predicted molar refractivity (Wildman–Crippen MR) is 64.9 cm³/mol. The highest BCUT2D eigenvalue weighted by Gasteiger charge is 2.31. The fourth-order valence-electron chi connectivity index (χ4n) is 2.34. The molecule has 2 aromatic carbocycles. The Bertz CT molecular complexity index is 689. The molecule has 0 saturated heterocycles. The van der Waals surface area contributed by atoms with Crippen LogP contribution in [0.1, 0.15) is 26.3 Å². The second-order valence-corrected chi connectivity index (χ2v) is 4.12. The standard InChI is InChI=1S/C13H10N2O2/c1-6-9-10(13(17)15-12(9)16)7-4-2-3-5-8(7)11(6)14/h2-5H,14H2,1H3,(H,15,16,17). The molecular weight excluding hydrogens is 216 g/mol. The monoisotopic (exact) mass is 226 g/mol. The molecule has 2 aromatic rings. The number of fused-ring (bicyclic) bond motifs is 3. The average molecular weight is 226 g/mol. The number of carbonyl (C=O) groups is 2. The summed E-state index contributed by atoms with van der Waals surface area (Å²) in [5.74, 6) is -0.704. The molecule has 0 fully saturated rings. The van der Waals surface area contributed by atoms with Crippen molar-refractivity contribution in [3.8, 4) is 0 Å². The molecule has 0 saturated carbocycles. The van der Waals surface area contributed by atoms with Crippen molar-refractivity contribution in [2.75, 3.05) is 5.73 Å². The third-order valence-corrected chi connectivity index (χ3v) is 3.20. The molecule has 84 valence electrons. The summed E-state index contributed by atoms with van der Waals surface area (Å²) in [6.07, 6.45) is 0. The summed E-state index contributed by atoms with van der Waals surface area (Å²) in [4.78, 5) is 23.5. The number of nitrogen functional groups attached to an aromatic ring is 1. The molecule has 1 heterocycles. The molecule has 3 rings (SSSR count). The lowest BCUT2D eigenvalue weighted by Gasteiger charge is -2.10. The zero-order valence-electron chi connectivity index (χ0n) is 9.20. The van der Waals surface area contributed by atoms with Crippen LogP contribution in [-0.4, -0.2) is 11.8 Å². The second kappa shape index (κ2) is 3.07. The number of nitrogens with one attached hydrogen (secondary N) is 1. The van der Waals surface area contributed by atoms with Crippen LogP contribution in [0.2, 0.25) is 0 Å². The number of carbonyl (C=O) groups excluding carboxylic acids is 2. The molecule has 4 nitrogen and oxygen atoms in total. The van der Waals surface area contributed by atoms with E-state index in [9.17, 15) is 9.59 Å². The smallest absolute Gasteiger partial charge is 0.259 e. The number of hydrogen-bond donors (Lipinski definition) is 2. The van der Waals surface area contributed by atoms with Crippen molar-refractivity contribution in [3.63, 3.8) is 0 Å². The van der Waals surface area contributed by atoms with Crippen LogP contribution in [0.25, 0.3) is 10.8 Å². The number of nitrogens with two attached hydrogens (primary N) is 1. The van der Waals surface area contributed by atoms with Gasteiger partial charge in [-0.3, -0.25) is 14.9 Å². The zero-order chi connectivity index (χ0) is 12.2. The number of anilines is 1. The minimum atomic E-state index is -0.361. The van der Waals surface area contributed by atoms with Crippen molar-refractivity contribution in [1.29, 1.82) is 0 Å². The highest BCUT2D eigenvalue weighted by atomic mass is 16.2. The lowest BCUT2D eigenvalue weighted by atomic mass is 9.94. The van der Waals surface area contributed by atoms with E-state index >= 15 is 0 Å². The van der Waals surface area contributed by atoms with Crippen molar-refractivity contribution in [1.82, 2.24) is 5.32 Å². The van der Waals surface area contributed by atoms with Gasteiger partial charge in [-0.05, 0) is 17.9 Å². The van der Waals surface area contributed by atoms with Crippen LogP contribution in [0.3, 0.4) is 0 Å². The third kappa shape index (κ3) is 1.12. The minimum absolute atomic E-state index is 0.343. The van der Waals surface area contributed by atoms with Gasteiger partial charge in [0.2, 0.25) is 0 Å². The van der Waals surface area contributed by atoms with Crippen molar-refractivity contribution in [2.24, 2.45) is 0 Å². The van der Waals surface area contributed by atoms with E-state index in [-0.39, 0.29) is 11.8 Å². The van der Waals surface area contributed by atoms with Gasteiger partial charge in [-0.2, -0.15) is 0 Å². The van der Waals surface area contributed by atoms with Crippen molar-refractivity contribution < 1.29 is 9.59 Å². The van der Waals surface area contributed by atoms with E-state index < -0.39 is 0 Å². The molecular formula is C13H10N2O2. The van der Waals surface area contributed by atoms with Crippen molar-refractivity contribution in [2.45, 2.75) is 6.92 Å². The zero-order valence-corrected chi connectivity index (χ0v) is 9.20. The van der Waals surface area contributed by atoms with Crippen LogP contribution in [0.4, 0.5) is 5.69 Å². The summed E-state index contributed by atoms with van der Waals surface area (Å²) in [5, 5.41) is 3.85. The highest BCUT2D eigenvalue weighted by molar-refractivity contribution is 6.28. The number of hydrogen-bond acceptors (Lipinski definition) is 3. The van der Waals surface area contributed by atoms with Gasteiger partial charge in [0.05, 0.1) is 11.1 Å². The topological polar surface area (TPSA) is 72.2 Å². The van der Waals surface area contributed by atoms with E-state index in [4.69, 9.17) is 5.73 Å². The SMILES string of the molecule is Cc1c2c(c3ccccc3c1N)C(=O)NC2=O. The Labute approximate surface area is 97.4 Å². The van der Waals surface area contributed by atoms with E-state index in [0.717, 1.165) is 10.8 Å². The van der Waals surface area contributed by atoms with Crippen LogP contribution in [0.5, 0.6) is 0 Å². The summed E-state index contributed by atoms with van der Waals surface area (Å²) >= 11 is 0. The van der Waals surface area contributed by atoms with Gasteiger partial charge in [0.1, 0.15) is 0 Å². The molecule has 3 N–H and O–H groups in total. The van der Waals surface area contributed by atoms with Crippen molar-refractivity contribution >= 4 is 28.3 Å². The van der Waals surface area contributed by atoms with E-state index in [1.54, 1.807) is 6.92 Å². The van der Waals surface area contributed by atoms with Gasteiger partial charge >= 0.3 is 0 Å². The first-order valence-electron chi connectivity index (χ1n) is 5.27. The van der Waals surface area contributed by atoms with Gasteiger partial charge in [-0.1, -0.05) is 24.3 Å². The van der Waals surface area contributed by atoms with Crippen LogP contribution >= 0.6 is 0 Å². The largest absolute Gasteiger partial charge is 0.398 e. The normalized spacial score (nSPS) is 13.9. The van der Waals surface area contributed by atoms with Crippen molar-refractivity contribution in [3.05, 3.63) is 41.0 Å². The summed E-state index contributed by atoms with van der Waals surface area (Å²) in [6.45, 7) is 1.76. The molecule has 0 radical (unpaired) electrons. The quantitative estimate of drug-likeness (QED) is 0.529. The molecule has 0 unspecified atom stereocenters. The van der Waals surface area contributed by atoms with Gasteiger partial charge < -0.3 is 5.73 Å². The lowest BCUT2D eigenvalue weighted by molar-refractivity contribution is 0.0880. The maximum atomic E-state index is 11.8. The summed E-state index contributed by atoms with van der Waals surface area (Å²) in [6, 6.07) is 7.35. The van der Waals surface area contributed by atoms with E-state index in [1.807, 2.05) is 24.3 Å². The fourth-order valence-corrected chi connectivity index (χ4v) is 2.34. The number of amides is 2. The molecule has 0 aliphatic carbocycles. The summed E-state index contributed by atoms with van der Waals surface area (Å²) in [7, 11) is 0. The predicted octanol–water partition coefficient (Wildman–Crippen LogP) is 1.61. The van der Waals surface area contributed by atoms with Crippen LogP contribution in [0.15, 0.2) is 24.3 Å². The minimum Gasteiger partial charge on any atom is -0.398 e. The van der Waals surface area contributed by atoms with Gasteiger partial charge in [0.15, 0.2) is 0 Å². The Balaban J connectivity index is 2.59. The molecule has 17 heavy (non-hydrogen) atoms. The number of benzene rings is 2. The Kier molecular flexibility index (Phi) is 1.78. The van der Waals surface area contributed by atoms with Gasteiger partial charge in [-0.25, -0.2) is 0 Å². The first-order chi connectivity index (χ1) is 8.11. The Morgan fingerprint density at radius 2 is 1.59 bits per heavy atom. The summed E-state index contributed by atoms with van der Waals surface area (Å²) in [5.41, 5.74) is 8.09. The second-order valence-electron chi connectivity index (χ2n) is 4.12. The molecule has 4 heteroatoms. The molecule has 2 amide bonds. The van der Waals surface area contributed by atoms with E-state index in [1.165, 1.54) is 0 Å². The fraction of sp³-hybridized carbons (Fsp3) is 0.0769. The van der Waals surface area contributed by atoms with Gasteiger partial charge in [-0.15, -0.1) is 0 Å². The highest BCUT2D eigenvalue weighted by Crippen LogP contribution is 2.34. The third-order valence-electron chi connectivity index (χ3n) is 3.20. The van der Waals surface area contributed by atoms with Crippen LogP contribution in [-0.2, 0) is 0 Å². The van der Waals surface area contributed by atoms with E-state index in [2.05, 4.69) is 5.32 Å². The Morgan fingerprint density at radius 3 is 2.29 bits per heavy atom. The molecule has 1 aliphatic heterocycles. The first-order valence-corrected chi connectivity index (χ1v) is 5.27. The number of imide groups is 1. The molecule has 0 bridgehead atoms. The van der Waals surface area contributed by atoms with E-state index in [0.29, 0.717) is 22.4 Å². The Morgan fingerprint density at radius 1 is 1.00 bits per heavy atom. The maximum Gasteiger partial charge on any atom is 0.259 e. The van der Waals surface area contributed by atoms with Crippen LogP contribution in [0, 0.1) is 6.92 Å². The maximum absolute atomic E-state index is 11.8.